The quantitative estimate of drug-likeness (QED) is 0.432. The van der Waals surface area contributed by atoms with Crippen molar-refractivity contribution >= 4 is 33.8 Å². The maximum atomic E-state index is 5.12. The van der Waals surface area contributed by atoms with Gasteiger partial charge in [0, 0.05) is 0 Å². The average molecular weight is 123 g/mol. The second-order valence-corrected chi connectivity index (χ2v) is 1.44. The molecule has 1 aliphatic heterocycles. The predicted octanol–water partition coefficient (Wildman–Crippen LogP) is 1.19. The van der Waals surface area contributed by atoms with E-state index in [1.54, 1.807) is 0 Å². The Morgan fingerprint density at radius 3 is 1.33 bits per heavy atom. The first kappa shape index (κ1) is 4.09. The lowest BCUT2D eigenvalue weighted by molar-refractivity contribution is 1.53. The van der Waals surface area contributed by atoms with Gasteiger partial charge in [-0.2, -0.15) is 9.98 Å². The van der Waals surface area contributed by atoms with E-state index in [1.165, 1.54) is 0 Å². The van der Waals surface area contributed by atoms with Crippen molar-refractivity contribution in [2.75, 3.05) is 0 Å². The monoisotopic (exact) mass is 122 g/mol. The highest BCUT2D eigenvalue weighted by atomic mass is 35.5. The van der Waals surface area contributed by atoms with Crippen LogP contribution in [0, 0.1) is 0 Å². The Hall–Kier alpha value is -0.0800. The standard InChI is InChI=1S/C2Cl2N2/c3-1-5-2(4)6-1. The van der Waals surface area contributed by atoms with Crippen LogP contribution in [-0.4, -0.2) is 10.6 Å². The van der Waals surface area contributed by atoms with E-state index in [2.05, 4.69) is 9.98 Å². The first-order valence-corrected chi connectivity index (χ1v) is 2.03. The zero-order valence-corrected chi connectivity index (χ0v) is 4.16. The minimum atomic E-state index is 0.236. The molecule has 0 saturated carbocycles. The van der Waals surface area contributed by atoms with Gasteiger partial charge in [-0.05, 0) is 23.2 Å². The van der Waals surface area contributed by atoms with Crippen molar-refractivity contribution in [3.05, 3.63) is 0 Å². The van der Waals surface area contributed by atoms with E-state index in [4.69, 9.17) is 23.2 Å². The van der Waals surface area contributed by atoms with Crippen molar-refractivity contribution in [1.29, 1.82) is 0 Å². The molecule has 0 aromatic rings. The van der Waals surface area contributed by atoms with Crippen LogP contribution in [0.25, 0.3) is 0 Å². The van der Waals surface area contributed by atoms with Crippen LogP contribution in [0.5, 0.6) is 0 Å². The summed E-state index contributed by atoms with van der Waals surface area (Å²) in [7, 11) is 0. The van der Waals surface area contributed by atoms with Crippen LogP contribution in [0.3, 0.4) is 0 Å². The number of hydrogen-bond donors (Lipinski definition) is 0. The van der Waals surface area contributed by atoms with Gasteiger partial charge in [-0.1, -0.05) is 0 Å². The molecule has 0 aromatic heterocycles. The molecule has 0 aromatic carbocycles. The van der Waals surface area contributed by atoms with Crippen molar-refractivity contribution < 1.29 is 0 Å². The van der Waals surface area contributed by atoms with E-state index >= 15 is 0 Å². The maximum absolute atomic E-state index is 5.12. The number of aliphatic imine (C=N–C) groups is 2. The van der Waals surface area contributed by atoms with Crippen molar-refractivity contribution in [2.24, 2.45) is 9.98 Å². The Morgan fingerprint density at radius 2 is 1.33 bits per heavy atom. The molecule has 1 rings (SSSR count). The molecule has 0 radical (unpaired) electrons. The van der Waals surface area contributed by atoms with E-state index < -0.39 is 0 Å². The summed E-state index contributed by atoms with van der Waals surface area (Å²) in [6.07, 6.45) is 0. The third-order valence-corrected chi connectivity index (χ3v) is 0.707. The fraction of sp³-hybridized carbons (Fsp3) is 0. The Balaban J connectivity index is 2.57. The Kier molecular flexibility index (Phi) is 0.821. The second-order valence-electron chi connectivity index (χ2n) is 0.762. The van der Waals surface area contributed by atoms with Crippen molar-refractivity contribution in [3.8, 4) is 0 Å². The van der Waals surface area contributed by atoms with Gasteiger partial charge in [-0.3, -0.25) is 0 Å². The van der Waals surface area contributed by atoms with Gasteiger partial charge >= 0.3 is 0 Å². The summed E-state index contributed by atoms with van der Waals surface area (Å²) in [5.41, 5.74) is 0. The summed E-state index contributed by atoms with van der Waals surface area (Å²) >= 11 is 10.2. The van der Waals surface area contributed by atoms with Gasteiger partial charge in [0.25, 0.3) is 0 Å². The zero-order valence-electron chi connectivity index (χ0n) is 2.65. The van der Waals surface area contributed by atoms with Gasteiger partial charge in [-0.25, -0.2) is 0 Å². The second kappa shape index (κ2) is 1.21. The molecule has 0 amide bonds. The summed E-state index contributed by atoms with van der Waals surface area (Å²) in [6.45, 7) is 0. The maximum Gasteiger partial charge on any atom is 0.227 e. The fourth-order valence-corrected chi connectivity index (χ4v) is 0.564. The molecule has 0 atom stereocenters. The molecule has 0 aliphatic carbocycles. The van der Waals surface area contributed by atoms with Crippen LogP contribution in [0.2, 0.25) is 0 Å². The number of halogens is 2. The molecule has 0 N–H and O–H groups in total. The highest BCUT2D eigenvalue weighted by Crippen LogP contribution is 2.04. The summed E-state index contributed by atoms with van der Waals surface area (Å²) in [4.78, 5) is 6.84. The van der Waals surface area contributed by atoms with Crippen LogP contribution in [0.1, 0.15) is 0 Å². The fourth-order valence-electron chi connectivity index (χ4n) is 0.158. The molecule has 1 aliphatic rings. The number of hydrogen-bond acceptors (Lipinski definition) is 2. The molecule has 1 heterocycles. The van der Waals surface area contributed by atoms with Gasteiger partial charge < -0.3 is 0 Å². The number of amidine groups is 2. The lowest BCUT2D eigenvalue weighted by Gasteiger charge is -1.95. The highest BCUT2D eigenvalue weighted by molar-refractivity contribution is 6.77. The molecular weight excluding hydrogens is 123 g/mol. The van der Waals surface area contributed by atoms with Crippen LogP contribution in [0.15, 0.2) is 9.98 Å². The molecule has 0 saturated heterocycles. The lowest BCUT2D eigenvalue weighted by Crippen LogP contribution is -1.99. The van der Waals surface area contributed by atoms with Gasteiger partial charge in [0.15, 0.2) is 0 Å². The Bertz CT molecular complexity index is 104. The molecule has 0 bridgehead atoms. The summed E-state index contributed by atoms with van der Waals surface area (Å²) in [5, 5.41) is 0.472. The normalized spacial score (nSPS) is 18.3. The largest absolute Gasteiger partial charge is 0.227 e. The van der Waals surface area contributed by atoms with Gasteiger partial charge in [-0.15, -0.1) is 0 Å². The van der Waals surface area contributed by atoms with E-state index in [-0.39, 0.29) is 10.6 Å². The van der Waals surface area contributed by atoms with E-state index in [1.807, 2.05) is 0 Å². The highest BCUT2D eigenvalue weighted by Gasteiger charge is 2.03. The third kappa shape index (κ3) is 0.533. The van der Waals surface area contributed by atoms with E-state index in [9.17, 15) is 0 Å². The molecule has 4 heteroatoms. The SMILES string of the molecule is ClC1=NC(Cl)=N1. The smallest absolute Gasteiger partial charge is 0.187 e. The van der Waals surface area contributed by atoms with Crippen molar-refractivity contribution in [2.45, 2.75) is 0 Å². The van der Waals surface area contributed by atoms with Crippen LogP contribution >= 0.6 is 23.2 Å². The molecule has 6 heavy (non-hydrogen) atoms. The van der Waals surface area contributed by atoms with Crippen LogP contribution in [0.4, 0.5) is 0 Å². The molecule has 2 nitrogen and oxygen atoms in total. The third-order valence-electron chi connectivity index (χ3n) is 0.369. The summed E-state index contributed by atoms with van der Waals surface area (Å²) < 4.78 is 0. The first-order valence-electron chi connectivity index (χ1n) is 1.27. The van der Waals surface area contributed by atoms with Crippen molar-refractivity contribution in [3.63, 3.8) is 0 Å². The average Bonchev–Trinajstić information content (AvgIpc) is 1.33. The molecule has 0 spiro atoms. The Morgan fingerprint density at radius 1 is 1.00 bits per heavy atom. The minimum Gasteiger partial charge on any atom is -0.187 e. The lowest BCUT2D eigenvalue weighted by atomic mass is 11.0. The molecule has 0 fully saturated rings. The van der Waals surface area contributed by atoms with Gasteiger partial charge in [0.2, 0.25) is 10.6 Å². The van der Waals surface area contributed by atoms with Gasteiger partial charge in [0.1, 0.15) is 0 Å². The van der Waals surface area contributed by atoms with Crippen molar-refractivity contribution in [1.82, 2.24) is 0 Å². The molecule has 0 unspecified atom stereocenters. The summed E-state index contributed by atoms with van der Waals surface area (Å²) in [5.74, 6) is 0. The summed E-state index contributed by atoms with van der Waals surface area (Å²) in [6, 6.07) is 0. The topological polar surface area (TPSA) is 24.7 Å². The van der Waals surface area contributed by atoms with Crippen LogP contribution < -0.4 is 0 Å². The minimum absolute atomic E-state index is 0.236. The van der Waals surface area contributed by atoms with Crippen LogP contribution in [-0.2, 0) is 0 Å². The Labute approximate surface area is 44.5 Å². The molecule has 32 valence electrons. The number of rotatable bonds is 0. The molecular formula is C2Cl2N2. The van der Waals surface area contributed by atoms with E-state index in [0.29, 0.717) is 0 Å². The predicted molar refractivity (Wildman–Crippen MR) is 26.6 cm³/mol. The van der Waals surface area contributed by atoms with E-state index in [0.717, 1.165) is 0 Å². The number of nitrogens with zero attached hydrogens (tertiary/aromatic N) is 2. The first-order chi connectivity index (χ1) is 2.79. The zero-order chi connectivity index (χ0) is 4.57. The van der Waals surface area contributed by atoms with Gasteiger partial charge in [0.05, 0.1) is 0 Å².